The zero-order chi connectivity index (χ0) is 18.1. The van der Waals surface area contributed by atoms with Crippen LogP contribution in [-0.2, 0) is 16.0 Å². The number of hydrogen-bond donors (Lipinski definition) is 1. The Morgan fingerprint density at radius 1 is 1.27 bits per heavy atom. The van der Waals surface area contributed by atoms with Gasteiger partial charge < -0.3 is 10.1 Å². The predicted octanol–water partition coefficient (Wildman–Crippen LogP) is 2.10. The summed E-state index contributed by atoms with van der Waals surface area (Å²) in [5.74, 6) is 0.584. The van der Waals surface area contributed by atoms with Crippen LogP contribution in [0.25, 0.3) is 11.5 Å². The minimum Gasteiger partial charge on any atom is -0.381 e. The van der Waals surface area contributed by atoms with Gasteiger partial charge in [-0.3, -0.25) is 9.78 Å². The smallest absolute Gasteiger partial charge is 0.226 e. The first-order valence-corrected chi connectivity index (χ1v) is 9.02. The first kappa shape index (κ1) is 17.0. The molecule has 3 heterocycles. The molecular formula is C19H23N5O2. The minimum atomic E-state index is -0.0715. The Labute approximate surface area is 152 Å². The average molecular weight is 353 g/mol. The summed E-state index contributed by atoms with van der Waals surface area (Å²) in [5.41, 5.74) is 2.68. The molecule has 26 heavy (non-hydrogen) atoms. The van der Waals surface area contributed by atoms with Crippen molar-refractivity contribution in [1.29, 1.82) is 0 Å². The van der Waals surface area contributed by atoms with E-state index in [1.54, 1.807) is 18.6 Å². The summed E-state index contributed by atoms with van der Waals surface area (Å²) in [6, 6.07) is -0.0715. The molecule has 2 aromatic heterocycles. The molecule has 1 aliphatic heterocycles. The van der Waals surface area contributed by atoms with Crippen LogP contribution in [0.3, 0.4) is 0 Å². The van der Waals surface area contributed by atoms with Gasteiger partial charge in [-0.1, -0.05) is 13.8 Å². The average Bonchev–Trinajstić information content (AvgIpc) is 3.16. The van der Waals surface area contributed by atoms with Gasteiger partial charge in [0.2, 0.25) is 5.91 Å². The maximum absolute atomic E-state index is 12.6. The molecule has 7 nitrogen and oxygen atoms in total. The van der Waals surface area contributed by atoms with Crippen LogP contribution in [0, 0.1) is 11.3 Å². The molecule has 2 aromatic rings. The molecule has 1 fully saturated rings. The lowest BCUT2D eigenvalue weighted by Gasteiger charge is -2.36. The molecule has 4 rings (SSSR count). The quantitative estimate of drug-likeness (QED) is 0.909. The molecule has 2 aliphatic rings. The monoisotopic (exact) mass is 353 g/mol. The third kappa shape index (κ3) is 3.44. The molecule has 0 aromatic carbocycles. The van der Waals surface area contributed by atoms with E-state index in [0.29, 0.717) is 24.7 Å². The highest BCUT2D eigenvalue weighted by atomic mass is 16.5. The molecule has 0 unspecified atom stereocenters. The molecule has 0 spiro atoms. The first-order chi connectivity index (χ1) is 12.5. The van der Waals surface area contributed by atoms with Gasteiger partial charge in [0.25, 0.3) is 0 Å². The number of amides is 1. The lowest BCUT2D eigenvalue weighted by atomic mass is 9.74. The molecule has 7 heteroatoms. The van der Waals surface area contributed by atoms with E-state index < -0.39 is 0 Å². The Hall–Kier alpha value is -2.41. The lowest BCUT2D eigenvalue weighted by molar-refractivity contribution is -0.126. The fourth-order valence-corrected chi connectivity index (χ4v) is 3.74. The summed E-state index contributed by atoms with van der Waals surface area (Å²) in [6.45, 7) is 5.59. The van der Waals surface area contributed by atoms with Crippen LogP contribution < -0.4 is 5.32 Å². The van der Waals surface area contributed by atoms with Crippen molar-refractivity contribution in [2.75, 3.05) is 13.2 Å². The standard InChI is InChI=1S/C19H23N5O2/c1-19(2)7-14-13(9-22-17(23-14)16-10-20-4-5-21-16)15(8-19)24-18(25)12-3-6-26-11-12/h4-5,9-10,12,15H,3,6-8,11H2,1-2H3,(H,24,25)/t12-,15-/m0/s1. The van der Waals surface area contributed by atoms with Crippen LogP contribution in [0.1, 0.15) is 44.0 Å². The van der Waals surface area contributed by atoms with Crippen molar-refractivity contribution in [3.63, 3.8) is 0 Å². The molecule has 1 amide bonds. The summed E-state index contributed by atoms with van der Waals surface area (Å²) < 4.78 is 5.34. The van der Waals surface area contributed by atoms with E-state index in [-0.39, 0.29) is 23.3 Å². The second kappa shape index (κ2) is 6.72. The highest BCUT2D eigenvalue weighted by Crippen LogP contribution is 2.40. The van der Waals surface area contributed by atoms with Gasteiger partial charge in [-0.25, -0.2) is 15.0 Å². The van der Waals surface area contributed by atoms with Crippen LogP contribution in [0.5, 0.6) is 0 Å². The van der Waals surface area contributed by atoms with Crippen molar-refractivity contribution in [3.05, 3.63) is 36.0 Å². The van der Waals surface area contributed by atoms with Gasteiger partial charge in [0.1, 0.15) is 5.69 Å². The van der Waals surface area contributed by atoms with Crippen LogP contribution in [0.15, 0.2) is 24.8 Å². The molecule has 1 aliphatic carbocycles. The number of ether oxygens (including phenoxy) is 1. The molecule has 0 bridgehead atoms. The lowest BCUT2D eigenvalue weighted by Crippen LogP contribution is -2.40. The fraction of sp³-hybridized carbons (Fsp3) is 0.526. The van der Waals surface area contributed by atoms with Crippen molar-refractivity contribution in [2.45, 2.75) is 39.2 Å². The van der Waals surface area contributed by atoms with Gasteiger partial charge in [0.15, 0.2) is 5.82 Å². The van der Waals surface area contributed by atoms with Crippen molar-refractivity contribution >= 4 is 5.91 Å². The number of rotatable bonds is 3. The van der Waals surface area contributed by atoms with E-state index in [4.69, 9.17) is 9.72 Å². The molecule has 136 valence electrons. The number of nitrogens with one attached hydrogen (secondary N) is 1. The van der Waals surface area contributed by atoms with E-state index in [2.05, 4.69) is 34.1 Å². The van der Waals surface area contributed by atoms with Crippen LogP contribution in [-0.4, -0.2) is 39.1 Å². The largest absolute Gasteiger partial charge is 0.381 e. The van der Waals surface area contributed by atoms with Crippen LogP contribution in [0.4, 0.5) is 0 Å². The fourth-order valence-electron chi connectivity index (χ4n) is 3.74. The molecule has 1 saturated heterocycles. The molecular weight excluding hydrogens is 330 g/mol. The molecule has 2 atom stereocenters. The number of carbonyl (C=O) groups is 1. The Kier molecular flexibility index (Phi) is 4.40. The van der Waals surface area contributed by atoms with Crippen molar-refractivity contribution < 1.29 is 9.53 Å². The predicted molar refractivity (Wildman–Crippen MR) is 95.0 cm³/mol. The van der Waals surface area contributed by atoms with E-state index in [0.717, 1.165) is 30.5 Å². The number of carbonyl (C=O) groups excluding carboxylic acids is 1. The van der Waals surface area contributed by atoms with Gasteiger partial charge in [-0.15, -0.1) is 0 Å². The molecule has 1 N–H and O–H groups in total. The number of hydrogen-bond acceptors (Lipinski definition) is 6. The summed E-state index contributed by atoms with van der Waals surface area (Å²) in [6.07, 6.45) is 9.26. The zero-order valence-corrected chi connectivity index (χ0v) is 15.1. The number of aromatic nitrogens is 4. The minimum absolute atomic E-state index is 0.0467. The van der Waals surface area contributed by atoms with Gasteiger partial charge in [0.05, 0.1) is 30.5 Å². The van der Waals surface area contributed by atoms with Gasteiger partial charge in [0, 0.05) is 30.8 Å². The van der Waals surface area contributed by atoms with Crippen molar-refractivity contribution in [3.8, 4) is 11.5 Å². The van der Waals surface area contributed by atoms with Crippen LogP contribution in [0.2, 0.25) is 0 Å². The van der Waals surface area contributed by atoms with E-state index in [9.17, 15) is 4.79 Å². The third-order valence-corrected chi connectivity index (χ3v) is 5.09. The highest BCUT2D eigenvalue weighted by Gasteiger charge is 2.36. The second-order valence-electron chi connectivity index (χ2n) is 7.85. The summed E-state index contributed by atoms with van der Waals surface area (Å²) >= 11 is 0. The Morgan fingerprint density at radius 2 is 2.15 bits per heavy atom. The van der Waals surface area contributed by atoms with Gasteiger partial charge >= 0.3 is 0 Å². The first-order valence-electron chi connectivity index (χ1n) is 9.02. The van der Waals surface area contributed by atoms with E-state index in [1.807, 2.05) is 6.20 Å². The van der Waals surface area contributed by atoms with Crippen molar-refractivity contribution in [1.82, 2.24) is 25.3 Å². The highest BCUT2D eigenvalue weighted by molar-refractivity contribution is 5.79. The Balaban J connectivity index is 1.63. The Morgan fingerprint density at radius 3 is 2.88 bits per heavy atom. The van der Waals surface area contributed by atoms with Crippen LogP contribution >= 0.6 is 0 Å². The number of fused-ring (bicyclic) bond motifs is 1. The maximum Gasteiger partial charge on any atom is 0.226 e. The summed E-state index contributed by atoms with van der Waals surface area (Å²) in [5, 5.41) is 3.20. The van der Waals surface area contributed by atoms with Crippen molar-refractivity contribution in [2.24, 2.45) is 11.3 Å². The maximum atomic E-state index is 12.6. The molecule has 0 saturated carbocycles. The summed E-state index contributed by atoms with van der Waals surface area (Å²) in [4.78, 5) is 30.2. The van der Waals surface area contributed by atoms with Gasteiger partial charge in [-0.05, 0) is 24.7 Å². The third-order valence-electron chi connectivity index (χ3n) is 5.09. The Bertz CT molecular complexity index is 803. The summed E-state index contributed by atoms with van der Waals surface area (Å²) in [7, 11) is 0. The zero-order valence-electron chi connectivity index (χ0n) is 15.1. The van der Waals surface area contributed by atoms with E-state index >= 15 is 0 Å². The molecule has 0 radical (unpaired) electrons. The van der Waals surface area contributed by atoms with E-state index in [1.165, 1.54) is 0 Å². The normalized spacial score (nSPS) is 24.1. The second-order valence-corrected chi connectivity index (χ2v) is 7.85. The topological polar surface area (TPSA) is 89.9 Å². The van der Waals surface area contributed by atoms with Gasteiger partial charge in [-0.2, -0.15) is 0 Å². The number of nitrogens with zero attached hydrogens (tertiary/aromatic N) is 4. The SMILES string of the molecule is CC1(C)Cc2nc(-c3cnccn3)ncc2[C@@H](NC(=O)[C@H]2CCOC2)C1.